The van der Waals surface area contributed by atoms with Crippen molar-refractivity contribution < 1.29 is 4.39 Å². The molecule has 2 aromatic carbocycles. The van der Waals surface area contributed by atoms with Gasteiger partial charge < -0.3 is 5.73 Å². The summed E-state index contributed by atoms with van der Waals surface area (Å²) < 4.78 is 13.6. The quantitative estimate of drug-likeness (QED) is 0.864. The highest BCUT2D eigenvalue weighted by Gasteiger charge is 2.06. The standard InChI is InChI=1S/C16H18FN/c1-12(10-11-18)13-6-8-14(9-7-13)15-4-2-3-5-16(15)17/h2-9,12H,10-11,18H2,1H3. The third-order valence-electron chi connectivity index (χ3n) is 3.26. The molecule has 0 aliphatic heterocycles. The van der Waals surface area contributed by atoms with Gasteiger partial charge in [-0.3, -0.25) is 0 Å². The summed E-state index contributed by atoms with van der Waals surface area (Å²) in [5, 5.41) is 0. The monoisotopic (exact) mass is 243 g/mol. The molecule has 0 aliphatic rings. The Morgan fingerprint density at radius 3 is 2.33 bits per heavy atom. The van der Waals surface area contributed by atoms with Gasteiger partial charge in [0.25, 0.3) is 0 Å². The van der Waals surface area contributed by atoms with Crippen molar-refractivity contribution in [1.82, 2.24) is 0 Å². The van der Waals surface area contributed by atoms with Crippen molar-refractivity contribution >= 4 is 0 Å². The summed E-state index contributed by atoms with van der Waals surface area (Å²) in [7, 11) is 0. The van der Waals surface area contributed by atoms with Gasteiger partial charge in [-0.25, -0.2) is 4.39 Å². The second-order valence-electron chi connectivity index (χ2n) is 4.58. The zero-order chi connectivity index (χ0) is 13.0. The Kier molecular flexibility index (Phi) is 4.11. The average Bonchev–Trinajstić information content (AvgIpc) is 2.40. The first-order valence-electron chi connectivity index (χ1n) is 6.27. The molecule has 0 bridgehead atoms. The molecule has 18 heavy (non-hydrogen) atoms. The molecule has 0 spiro atoms. The number of rotatable bonds is 4. The topological polar surface area (TPSA) is 26.0 Å². The highest BCUT2D eigenvalue weighted by atomic mass is 19.1. The van der Waals surface area contributed by atoms with Crippen LogP contribution in [0.4, 0.5) is 4.39 Å². The van der Waals surface area contributed by atoms with Crippen LogP contribution in [-0.2, 0) is 0 Å². The van der Waals surface area contributed by atoms with Crippen molar-refractivity contribution in [2.45, 2.75) is 19.3 Å². The molecule has 0 fully saturated rings. The Hall–Kier alpha value is -1.67. The summed E-state index contributed by atoms with van der Waals surface area (Å²) in [5.41, 5.74) is 8.37. The molecule has 94 valence electrons. The molecule has 0 saturated carbocycles. The Morgan fingerprint density at radius 2 is 1.72 bits per heavy atom. The zero-order valence-electron chi connectivity index (χ0n) is 10.6. The fourth-order valence-electron chi connectivity index (χ4n) is 2.10. The van der Waals surface area contributed by atoms with Crippen LogP contribution in [-0.4, -0.2) is 6.54 Å². The molecule has 0 aliphatic carbocycles. The number of halogens is 1. The van der Waals surface area contributed by atoms with E-state index < -0.39 is 0 Å². The van der Waals surface area contributed by atoms with Gasteiger partial charge in [-0.15, -0.1) is 0 Å². The van der Waals surface area contributed by atoms with Crippen LogP contribution in [0.2, 0.25) is 0 Å². The van der Waals surface area contributed by atoms with Gasteiger partial charge in [-0.2, -0.15) is 0 Å². The SMILES string of the molecule is CC(CCN)c1ccc(-c2ccccc2F)cc1. The van der Waals surface area contributed by atoms with Crippen LogP contribution in [0.1, 0.15) is 24.8 Å². The second kappa shape index (κ2) is 5.78. The van der Waals surface area contributed by atoms with E-state index in [9.17, 15) is 4.39 Å². The minimum atomic E-state index is -0.180. The van der Waals surface area contributed by atoms with Crippen LogP contribution in [0, 0.1) is 5.82 Å². The molecule has 2 heteroatoms. The van der Waals surface area contributed by atoms with E-state index >= 15 is 0 Å². The highest BCUT2D eigenvalue weighted by Crippen LogP contribution is 2.25. The molecule has 1 unspecified atom stereocenters. The molecular weight excluding hydrogens is 225 g/mol. The summed E-state index contributed by atoms with van der Waals surface area (Å²) >= 11 is 0. The van der Waals surface area contributed by atoms with Gasteiger partial charge in [-0.05, 0) is 36.1 Å². The highest BCUT2D eigenvalue weighted by molar-refractivity contribution is 5.64. The van der Waals surface area contributed by atoms with Crippen molar-refractivity contribution in [2.24, 2.45) is 5.73 Å². The summed E-state index contributed by atoms with van der Waals surface area (Å²) in [4.78, 5) is 0. The summed E-state index contributed by atoms with van der Waals surface area (Å²) in [6.45, 7) is 2.85. The number of benzene rings is 2. The van der Waals surface area contributed by atoms with E-state index in [0.29, 0.717) is 18.0 Å². The van der Waals surface area contributed by atoms with Gasteiger partial charge in [0.1, 0.15) is 5.82 Å². The molecule has 2 rings (SSSR count). The molecule has 0 radical (unpaired) electrons. The maximum atomic E-state index is 13.6. The van der Waals surface area contributed by atoms with Crippen molar-refractivity contribution in [2.75, 3.05) is 6.54 Å². The van der Waals surface area contributed by atoms with Crippen LogP contribution in [0.3, 0.4) is 0 Å². The van der Waals surface area contributed by atoms with Gasteiger partial charge in [0.05, 0.1) is 0 Å². The largest absolute Gasteiger partial charge is 0.330 e. The first-order valence-corrected chi connectivity index (χ1v) is 6.27. The molecule has 1 atom stereocenters. The maximum Gasteiger partial charge on any atom is 0.131 e. The lowest BCUT2D eigenvalue weighted by Gasteiger charge is -2.11. The smallest absolute Gasteiger partial charge is 0.131 e. The van der Waals surface area contributed by atoms with Gasteiger partial charge in [0, 0.05) is 5.56 Å². The third-order valence-corrected chi connectivity index (χ3v) is 3.26. The lowest BCUT2D eigenvalue weighted by molar-refractivity contribution is 0.631. The molecule has 2 aromatic rings. The minimum absolute atomic E-state index is 0.180. The van der Waals surface area contributed by atoms with E-state index in [0.717, 1.165) is 12.0 Å². The minimum Gasteiger partial charge on any atom is -0.330 e. The van der Waals surface area contributed by atoms with Crippen molar-refractivity contribution in [3.63, 3.8) is 0 Å². The van der Waals surface area contributed by atoms with Gasteiger partial charge in [0.15, 0.2) is 0 Å². The Morgan fingerprint density at radius 1 is 1.06 bits per heavy atom. The molecule has 0 aromatic heterocycles. The lowest BCUT2D eigenvalue weighted by Crippen LogP contribution is -2.04. The molecule has 1 nitrogen and oxygen atoms in total. The Labute approximate surface area is 107 Å². The number of hydrogen-bond acceptors (Lipinski definition) is 1. The summed E-state index contributed by atoms with van der Waals surface area (Å²) in [6.07, 6.45) is 0.971. The molecule has 0 heterocycles. The fraction of sp³-hybridized carbons (Fsp3) is 0.250. The van der Waals surface area contributed by atoms with Crippen molar-refractivity contribution in [3.05, 3.63) is 59.9 Å². The van der Waals surface area contributed by atoms with Crippen LogP contribution in [0.15, 0.2) is 48.5 Å². The van der Waals surface area contributed by atoms with E-state index in [4.69, 9.17) is 5.73 Å². The normalized spacial score (nSPS) is 12.4. The van der Waals surface area contributed by atoms with E-state index in [-0.39, 0.29) is 5.82 Å². The van der Waals surface area contributed by atoms with Crippen LogP contribution < -0.4 is 5.73 Å². The van der Waals surface area contributed by atoms with E-state index in [1.807, 2.05) is 18.2 Å². The van der Waals surface area contributed by atoms with Gasteiger partial charge in [0.2, 0.25) is 0 Å². The predicted octanol–water partition coefficient (Wildman–Crippen LogP) is 3.95. The van der Waals surface area contributed by atoms with Crippen LogP contribution in [0.25, 0.3) is 11.1 Å². The van der Waals surface area contributed by atoms with E-state index in [1.165, 1.54) is 11.6 Å². The first kappa shape index (κ1) is 12.8. The second-order valence-corrected chi connectivity index (χ2v) is 4.58. The molecule has 2 N–H and O–H groups in total. The van der Waals surface area contributed by atoms with Gasteiger partial charge in [-0.1, -0.05) is 49.4 Å². The Balaban J connectivity index is 2.25. The summed E-state index contributed by atoms with van der Waals surface area (Å²) in [5.74, 6) is 0.268. The molecule has 0 amide bonds. The maximum absolute atomic E-state index is 13.6. The molecular formula is C16H18FN. The first-order chi connectivity index (χ1) is 8.72. The summed E-state index contributed by atoms with van der Waals surface area (Å²) in [6, 6.07) is 14.9. The van der Waals surface area contributed by atoms with E-state index in [1.54, 1.807) is 12.1 Å². The van der Waals surface area contributed by atoms with Gasteiger partial charge >= 0.3 is 0 Å². The van der Waals surface area contributed by atoms with Crippen LogP contribution >= 0.6 is 0 Å². The zero-order valence-corrected chi connectivity index (χ0v) is 10.6. The fourth-order valence-corrected chi connectivity index (χ4v) is 2.10. The number of nitrogens with two attached hydrogens (primary N) is 1. The number of hydrogen-bond donors (Lipinski definition) is 1. The van der Waals surface area contributed by atoms with Crippen molar-refractivity contribution in [1.29, 1.82) is 0 Å². The third kappa shape index (κ3) is 2.77. The average molecular weight is 243 g/mol. The van der Waals surface area contributed by atoms with Crippen molar-refractivity contribution in [3.8, 4) is 11.1 Å². The lowest BCUT2D eigenvalue weighted by atomic mass is 9.95. The molecule has 0 saturated heterocycles. The Bertz CT molecular complexity index is 505. The van der Waals surface area contributed by atoms with Crippen LogP contribution in [0.5, 0.6) is 0 Å². The predicted molar refractivity (Wildman–Crippen MR) is 73.9 cm³/mol. The van der Waals surface area contributed by atoms with E-state index in [2.05, 4.69) is 19.1 Å².